The first-order valence-corrected chi connectivity index (χ1v) is 12.4. The quantitative estimate of drug-likeness (QED) is 0.417. The predicted octanol–water partition coefficient (Wildman–Crippen LogP) is 3.15. The highest BCUT2D eigenvalue weighted by molar-refractivity contribution is 5.92. The van der Waals surface area contributed by atoms with Crippen LogP contribution in [-0.2, 0) is 14.4 Å². The number of likely N-dealkylation sites (tertiary alicyclic amines) is 2. The summed E-state index contributed by atoms with van der Waals surface area (Å²) in [6.07, 6.45) is 0.0432. The molecule has 9 nitrogen and oxygen atoms in total. The summed E-state index contributed by atoms with van der Waals surface area (Å²) in [5.74, 6) is -6.33. The number of carboxylic acids is 3. The van der Waals surface area contributed by atoms with Crippen LogP contribution in [0.1, 0.15) is 87.5 Å². The minimum absolute atomic E-state index is 0.307. The molecule has 35 heavy (non-hydrogen) atoms. The molecule has 1 unspecified atom stereocenters. The van der Waals surface area contributed by atoms with E-state index in [2.05, 4.69) is 9.80 Å². The summed E-state index contributed by atoms with van der Waals surface area (Å²) in [5, 5.41) is 42.9. The van der Waals surface area contributed by atoms with E-state index in [1.54, 1.807) is 0 Å². The highest BCUT2D eigenvalue weighted by Gasteiger charge is 2.72. The number of piperidine rings is 2. The average Bonchev–Trinajstić information content (AvgIpc) is 2.62. The lowest BCUT2D eigenvalue weighted by atomic mass is 9.47. The summed E-state index contributed by atoms with van der Waals surface area (Å²) < 4.78 is 0. The smallest absolute Gasteiger partial charge is 0.337 e. The Balaban J connectivity index is 2.95. The third-order valence-corrected chi connectivity index (χ3v) is 9.70. The van der Waals surface area contributed by atoms with Gasteiger partial charge in [-0.15, -0.1) is 0 Å². The molecule has 2 heterocycles. The van der Waals surface area contributed by atoms with E-state index in [0.717, 1.165) is 0 Å². The van der Waals surface area contributed by atoms with Gasteiger partial charge in [-0.1, -0.05) is 0 Å². The zero-order chi connectivity index (χ0) is 27.6. The van der Waals surface area contributed by atoms with Crippen molar-refractivity contribution in [3.05, 3.63) is 0 Å². The molecule has 0 aromatic rings. The fourth-order valence-corrected chi connectivity index (χ4v) is 7.54. The van der Waals surface area contributed by atoms with E-state index in [1.807, 2.05) is 69.5 Å². The monoisotopic (exact) mass is 498 g/mol. The van der Waals surface area contributed by atoms with Gasteiger partial charge in [0.05, 0.1) is 6.42 Å². The SMILES string of the molecule is CN1C(C)(C)CC(C(C(=O)O)(C2CC(C)(C)N(C)C(C)(C)C2)C(O)(CC(=O)O)C(=O)O)CC1(C)C. The van der Waals surface area contributed by atoms with Crippen molar-refractivity contribution in [2.45, 2.75) is 115 Å². The van der Waals surface area contributed by atoms with Crippen LogP contribution in [0.15, 0.2) is 0 Å². The van der Waals surface area contributed by atoms with Gasteiger partial charge in [-0.25, -0.2) is 4.79 Å². The van der Waals surface area contributed by atoms with Gasteiger partial charge in [0, 0.05) is 22.2 Å². The Morgan fingerprint density at radius 1 is 0.686 bits per heavy atom. The standard InChI is InChI=1S/C26H46N2O7/c1-21(2)11-16(12-22(3,4)27(21)9)26(20(33)34,25(35,19(31)32)15-18(29)30)17-13-23(5,6)28(10)24(7,8)14-17/h16-17,35H,11-15H2,1-10H3,(H,29,30)(H,31,32)(H,33,34). The number of rotatable bonds is 7. The van der Waals surface area contributed by atoms with Crippen molar-refractivity contribution in [1.29, 1.82) is 0 Å². The molecule has 0 aromatic carbocycles. The van der Waals surface area contributed by atoms with Crippen LogP contribution in [0.4, 0.5) is 0 Å². The number of aliphatic carboxylic acids is 3. The Hall–Kier alpha value is -1.71. The zero-order valence-electron chi connectivity index (χ0n) is 23.1. The summed E-state index contributed by atoms with van der Waals surface area (Å²) in [7, 11) is 3.92. The maximum absolute atomic E-state index is 13.5. The zero-order valence-corrected chi connectivity index (χ0v) is 23.1. The van der Waals surface area contributed by atoms with Gasteiger partial charge in [0.1, 0.15) is 5.41 Å². The van der Waals surface area contributed by atoms with E-state index < -0.39 is 69.3 Å². The highest BCUT2D eigenvalue weighted by atomic mass is 16.4. The number of hydrogen-bond donors (Lipinski definition) is 4. The number of aliphatic hydroxyl groups is 1. The van der Waals surface area contributed by atoms with Gasteiger partial charge in [-0.3, -0.25) is 19.4 Å². The molecule has 0 saturated carbocycles. The van der Waals surface area contributed by atoms with Crippen LogP contribution in [0.2, 0.25) is 0 Å². The van der Waals surface area contributed by atoms with Gasteiger partial charge in [0.15, 0.2) is 5.60 Å². The molecule has 0 spiro atoms. The van der Waals surface area contributed by atoms with Crippen LogP contribution in [0, 0.1) is 17.3 Å². The third-order valence-electron chi connectivity index (χ3n) is 9.70. The Morgan fingerprint density at radius 3 is 1.17 bits per heavy atom. The Kier molecular flexibility index (Phi) is 7.34. The van der Waals surface area contributed by atoms with E-state index in [1.165, 1.54) is 0 Å². The molecule has 0 aromatic heterocycles. The molecule has 2 fully saturated rings. The van der Waals surface area contributed by atoms with Gasteiger partial charge < -0.3 is 20.4 Å². The van der Waals surface area contributed by atoms with Crippen molar-refractivity contribution in [1.82, 2.24) is 9.80 Å². The normalized spacial score (nSPS) is 27.2. The van der Waals surface area contributed by atoms with Crippen molar-refractivity contribution in [3.63, 3.8) is 0 Å². The molecule has 9 heteroatoms. The van der Waals surface area contributed by atoms with Crippen LogP contribution in [-0.4, -0.2) is 90.0 Å². The maximum atomic E-state index is 13.5. The van der Waals surface area contributed by atoms with Crippen LogP contribution in [0.3, 0.4) is 0 Å². The molecule has 2 rings (SSSR count). The minimum atomic E-state index is -3.00. The van der Waals surface area contributed by atoms with Crippen molar-refractivity contribution in [2.24, 2.45) is 17.3 Å². The first kappa shape index (κ1) is 29.5. The van der Waals surface area contributed by atoms with Crippen LogP contribution in [0.5, 0.6) is 0 Å². The van der Waals surface area contributed by atoms with Crippen molar-refractivity contribution < 1.29 is 34.8 Å². The third kappa shape index (κ3) is 4.60. The second-order valence-electron chi connectivity index (χ2n) is 13.5. The van der Waals surface area contributed by atoms with Gasteiger partial charge in [-0.2, -0.15) is 0 Å². The van der Waals surface area contributed by atoms with Gasteiger partial charge in [0.25, 0.3) is 0 Å². The second kappa shape index (κ2) is 8.70. The lowest BCUT2D eigenvalue weighted by Gasteiger charge is -2.63. The fraction of sp³-hybridized carbons (Fsp3) is 0.885. The van der Waals surface area contributed by atoms with E-state index in [-0.39, 0.29) is 0 Å². The van der Waals surface area contributed by atoms with Crippen LogP contribution >= 0.6 is 0 Å². The summed E-state index contributed by atoms with van der Waals surface area (Å²) in [6.45, 7) is 15.8. The Labute approximate surface area is 209 Å². The largest absolute Gasteiger partial charge is 0.481 e. The molecular weight excluding hydrogens is 452 g/mol. The van der Waals surface area contributed by atoms with Crippen molar-refractivity contribution in [3.8, 4) is 0 Å². The topological polar surface area (TPSA) is 139 Å². The van der Waals surface area contributed by atoms with Crippen molar-refractivity contribution in [2.75, 3.05) is 14.1 Å². The lowest BCUT2D eigenvalue weighted by Crippen LogP contribution is -2.73. The summed E-state index contributed by atoms with van der Waals surface area (Å²) in [4.78, 5) is 42.5. The highest BCUT2D eigenvalue weighted by Crippen LogP contribution is 2.61. The Bertz CT molecular complexity index is 801. The summed E-state index contributed by atoms with van der Waals surface area (Å²) in [6, 6.07) is 0. The molecule has 0 amide bonds. The first-order chi connectivity index (χ1) is 15.5. The maximum Gasteiger partial charge on any atom is 0.337 e. The average molecular weight is 499 g/mol. The molecule has 2 saturated heterocycles. The van der Waals surface area contributed by atoms with Crippen LogP contribution in [0.25, 0.3) is 0 Å². The minimum Gasteiger partial charge on any atom is -0.481 e. The van der Waals surface area contributed by atoms with Gasteiger partial charge >= 0.3 is 17.9 Å². The number of nitrogens with zero attached hydrogens (tertiary/aromatic N) is 2. The van der Waals surface area contributed by atoms with Gasteiger partial charge in [0.2, 0.25) is 0 Å². The van der Waals surface area contributed by atoms with E-state index in [9.17, 15) is 34.8 Å². The van der Waals surface area contributed by atoms with Crippen molar-refractivity contribution >= 4 is 17.9 Å². The van der Waals surface area contributed by atoms with Crippen LogP contribution < -0.4 is 0 Å². The molecule has 2 aliphatic heterocycles. The van der Waals surface area contributed by atoms with E-state index >= 15 is 0 Å². The number of carbonyl (C=O) groups is 3. The lowest BCUT2D eigenvalue weighted by molar-refractivity contribution is -0.230. The molecule has 0 aliphatic carbocycles. The summed E-state index contributed by atoms with van der Waals surface area (Å²) in [5.41, 5.74) is -7.25. The van der Waals surface area contributed by atoms with E-state index in [0.29, 0.717) is 25.7 Å². The molecule has 2 aliphatic rings. The number of carboxylic acid groups (broad SMARTS) is 3. The molecule has 0 bridgehead atoms. The predicted molar refractivity (Wildman–Crippen MR) is 132 cm³/mol. The molecule has 4 N–H and O–H groups in total. The number of hydrogen-bond acceptors (Lipinski definition) is 6. The van der Waals surface area contributed by atoms with E-state index in [4.69, 9.17) is 0 Å². The molecule has 202 valence electrons. The Morgan fingerprint density at radius 2 is 0.971 bits per heavy atom. The first-order valence-electron chi connectivity index (χ1n) is 12.4. The fourth-order valence-electron chi connectivity index (χ4n) is 7.54. The van der Waals surface area contributed by atoms with Gasteiger partial charge in [-0.05, 0) is 107 Å². The molecule has 1 atom stereocenters. The second-order valence-corrected chi connectivity index (χ2v) is 13.5. The summed E-state index contributed by atoms with van der Waals surface area (Å²) >= 11 is 0. The molecular formula is C26H46N2O7. The molecule has 0 radical (unpaired) electrons.